The molecule has 10 heteroatoms. The highest BCUT2D eigenvalue weighted by Gasteiger charge is 2.65. The van der Waals surface area contributed by atoms with E-state index in [0.717, 1.165) is 12.8 Å². The summed E-state index contributed by atoms with van der Waals surface area (Å²) in [5.74, 6) is -0.976. The van der Waals surface area contributed by atoms with Crippen LogP contribution < -0.4 is 5.73 Å². The van der Waals surface area contributed by atoms with Crippen molar-refractivity contribution < 1.29 is 23.7 Å². The van der Waals surface area contributed by atoms with E-state index in [-0.39, 0.29) is 18.5 Å². The van der Waals surface area contributed by atoms with Gasteiger partial charge in [0.1, 0.15) is 42.8 Å². The Labute approximate surface area is 166 Å². The second kappa shape index (κ2) is 6.13. The van der Waals surface area contributed by atoms with Crippen LogP contribution in [0.15, 0.2) is 18.5 Å². The van der Waals surface area contributed by atoms with Gasteiger partial charge < -0.3 is 24.7 Å². The summed E-state index contributed by atoms with van der Waals surface area (Å²) < 4.78 is 25.3. The summed E-state index contributed by atoms with van der Waals surface area (Å²) in [6.07, 6.45) is 0.999. The number of nitriles is 1. The normalized spacial score (nSPS) is 32.8. The van der Waals surface area contributed by atoms with Gasteiger partial charge in [-0.3, -0.25) is 4.79 Å². The van der Waals surface area contributed by atoms with Crippen LogP contribution in [-0.4, -0.2) is 50.8 Å². The fourth-order valence-corrected chi connectivity index (χ4v) is 4.00. The highest BCUT2D eigenvalue weighted by atomic mass is 16.8. The predicted molar refractivity (Wildman–Crippen MR) is 97.1 cm³/mol. The molecule has 10 nitrogen and oxygen atoms in total. The number of esters is 1. The van der Waals surface area contributed by atoms with Crippen LogP contribution in [-0.2, 0) is 23.7 Å². The molecule has 2 saturated heterocycles. The van der Waals surface area contributed by atoms with Crippen LogP contribution >= 0.6 is 0 Å². The highest BCUT2D eigenvalue weighted by molar-refractivity contribution is 5.75. The number of anilines is 1. The third-order valence-corrected chi connectivity index (χ3v) is 5.56. The van der Waals surface area contributed by atoms with Gasteiger partial charge in [-0.05, 0) is 38.8 Å². The van der Waals surface area contributed by atoms with Gasteiger partial charge in [0.15, 0.2) is 11.6 Å². The zero-order valence-corrected chi connectivity index (χ0v) is 16.1. The van der Waals surface area contributed by atoms with E-state index in [1.54, 1.807) is 30.5 Å². The van der Waals surface area contributed by atoms with Crippen molar-refractivity contribution >= 4 is 17.3 Å². The van der Waals surface area contributed by atoms with Crippen molar-refractivity contribution in [3.63, 3.8) is 0 Å². The zero-order chi connectivity index (χ0) is 20.4. The number of carbonyl (C=O) groups is 1. The van der Waals surface area contributed by atoms with Gasteiger partial charge >= 0.3 is 5.97 Å². The van der Waals surface area contributed by atoms with E-state index in [9.17, 15) is 10.1 Å². The Bertz CT molecular complexity index is 1030. The Balaban J connectivity index is 1.52. The minimum absolute atomic E-state index is 0.0785. The van der Waals surface area contributed by atoms with Crippen molar-refractivity contribution in [3.05, 3.63) is 24.2 Å². The quantitative estimate of drug-likeness (QED) is 0.750. The van der Waals surface area contributed by atoms with Crippen LogP contribution in [0, 0.1) is 17.2 Å². The number of ether oxygens (including phenoxy) is 4. The van der Waals surface area contributed by atoms with Gasteiger partial charge in [0.05, 0.1) is 11.6 Å². The molecule has 3 aliphatic rings. The molecule has 2 aromatic rings. The second-order valence-electron chi connectivity index (χ2n) is 8.14. The molecule has 2 aliphatic heterocycles. The molecule has 2 aromatic heterocycles. The number of rotatable bonds is 4. The molecule has 1 aliphatic carbocycles. The van der Waals surface area contributed by atoms with Crippen LogP contribution in [0.4, 0.5) is 5.82 Å². The molecular weight excluding hydrogens is 378 g/mol. The maximum Gasteiger partial charge on any atom is 0.309 e. The number of carbonyl (C=O) groups excluding carboxylic acids is 1. The lowest BCUT2D eigenvalue weighted by Gasteiger charge is -2.28. The summed E-state index contributed by atoms with van der Waals surface area (Å²) in [5.41, 5.74) is 5.71. The summed E-state index contributed by atoms with van der Waals surface area (Å²) in [7, 11) is 0. The molecule has 0 bridgehead atoms. The van der Waals surface area contributed by atoms with E-state index < -0.39 is 29.7 Å². The van der Waals surface area contributed by atoms with Crippen LogP contribution in [0.1, 0.15) is 38.5 Å². The van der Waals surface area contributed by atoms with E-state index in [1.807, 2.05) is 0 Å². The first-order chi connectivity index (χ1) is 13.8. The lowest BCUT2D eigenvalue weighted by atomic mass is 9.96. The maximum absolute atomic E-state index is 12.1. The third kappa shape index (κ3) is 2.85. The van der Waals surface area contributed by atoms with E-state index >= 15 is 0 Å². The van der Waals surface area contributed by atoms with E-state index in [2.05, 4.69) is 16.2 Å². The van der Waals surface area contributed by atoms with Gasteiger partial charge in [0.2, 0.25) is 5.60 Å². The molecule has 0 aromatic carbocycles. The van der Waals surface area contributed by atoms with E-state index in [1.165, 1.54) is 6.33 Å². The Hall–Kier alpha value is -2.74. The number of nitrogens with zero attached hydrogens (tertiary/aromatic N) is 4. The molecule has 5 rings (SSSR count). The molecule has 29 heavy (non-hydrogen) atoms. The lowest BCUT2D eigenvalue weighted by molar-refractivity contribution is -0.208. The fraction of sp³-hybridized carbons (Fsp3) is 0.579. The van der Waals surface area contributed by atoms with Crippen molar-refractivity contribution in [3.8, 4) is 6.07 Å². The molecule has 0 amide bonds. The highest BCUT2D eigenvalue weighted by Crippen LogP contribution is 2.50. The minimum atomic E-state index is -1.49. The average Bonchev–Trinajstić information content (AvgIpc) is 3.28. The summed E-state index contributed by atoms with van der Waals surface area (Å²) in [6.45, 7) is 3.32. The summed E-state index contributed by atoms with van der Waals surface area (Å²) >= 11 is 0. The van der Waals surface area contributed by atoms with Gasteiger partial charge in [0, 0.05) is 0 Å². The topological polar surface area (TPSA) is 134 Å². The molecule has 0 radical (unpaired) electrons. The van der Waals surface area contributed by atoms with Crippen molar-refractivity contribution in [2.45, 2.75) is 56.4 Å². The molecule has 152 valence electrons. The first-order valence-electron chi connectivity index (χ1n) is 9.53. The number of fused-ring (bicyclic) bond motifs is 2. The number of aromatic nitrogens is 3. The van der Waals surface area contributed by atoms with Gasteiger partial charge in [-0.2, -0.15) is 10.4 Å². The lowest BCUT2D eigenvalue weighted by Crippen LogP contribution is -2.46. The first-order valence-corrected chi connectivity index (χ1v) is 9.53. The van der Waals surface area contributed by atoms with Crippen molar-refractivity contribution in [1.29, 1.82) is 5.26 Å². The molecule has 0 spiro atoms. The smallest absolute Gasteiger partial charge is 0.309 e. The summed E-state index contributed by atoms with van der Waals surface area (Å²) in [5, 5.41) is 14.3. The monoisotopic (exact) mass is 399 g/mol. The fourth-order valence-electron chi connectivity index (χ4n) is 4.00. The Morgan fingerprint density at radius 1 is 1.38 bits per heavy atom. The van der Waals surface area contributed by atoms with E-state index in [0.29, 0.717) is 17.0 Å². The minimum Gasteiger partial charge on any atom is -0.461 e. The predicted octanol–water partition coefficient (Wildman–Crippen LogP) is 1.12. The molecule has 1 saturated carbocycles. The Kier molecular flexibility index (Phi) is 3.87. The van der Waals surface area contributed by atoms with Crippen molar-refractivity contribution in [1.82, 2.24) is 14.6 Å². The SMILES string of the molecule is CC1(C)O[C@H]2[C@H](c3ccc4c(N)ncnn34)O[C@](C#N)(COC(=O)C3CC3)[C@H]2O1. The third-order valence-electron chi connectivity index (χ3n) is 5.56. The summed E-state index contributed by atoms with van der Waals surface area (Å²) in [4.78, 5) is 16.1. The van der Waals surface area contributed by atoms with Crippen LogP contribution in [0.2, 0.25) is 0 Å². The average molecular weight is 399 g/mol. The molecule has 0 unspecified atom stereocenters. The summed E-state index contributed by atoms with van der Waals surface area (Å²) in [6, 6.07) is 5.77. The van der Waals surface area contributed by atoms with Crippen molar-refractivity contribution in [2.75, 3.05) is 12.3 Å². The molecule has 4 heterocycles. The van der Waals surface area contributed by atoms with E-state index in [4.69, 9.17) is 24.7 Å². The Morgan fingerprint density at radius 3 is 2.90 bits per heavy atom. The van der Waals surface area contributed by atoms with Gasteiger partial charge in [-0.15, -0.1) is 0 Å². The first kappa shape index (κ1) is 18.3. The van der Waals surface area contributed by atoms with Crippen LogP contribution in [0.5, 0.6) is 0 Å². The largest absolute Gasteiger partial charge is 0.461 e. The number of hydrogen-bond acceptors (Lipinski definition) is 9. The number of nitrogens with two attached hydrogens (primary N) is 1. The van der Waals surface area contributed by atoms with Gasteiger partial charge in [-0.1, -0.05) is 0 Å². The van der Waals surface area contributed by atoms with Crippen LogP contribution in [0.25, 0.3) is 5.52 Å². The molecule has 2 N–H and O–H groups in total. The molecule has 3 fully saturated rings. The molecular formula is C19H21N5O5. The second-order valence-corrected chi connectivity index (χ2v) is 8.14. The van der Waals surface area contributed by atoms with Crippen molar-refractivity contribution in [2.24, 2.45) is 5.92 Å². The van der Waals surface area contributed by atoms with Gasteiger partial charge in [-0.25, -0.2) is 9.50 Å². The zero-order valence-electron chi connectivity index (χ0n) is 16.1. The Morgan fingerprint density at radius 2 is 2.17 bits per heavy atom. The number of nitrogen functional groups attached to an aromatic ring is 1. The maximum atomic E-state index is 12.1. The standard InChI is InChI=1S/C19H21N5O5/c1-18(2)27-14-13(11-5-6-12-16(21)22-9-23-24(11)12)28-19(7-20,15(14)29-18)8-26-17(25)10-3-4-10/h5-6,9-10,13-15H,3-4,8H2,1-2H3,(H2,21,22,23)/t13-,14-,15-,19+/m0/s1. The number of hydrogen-bond donors (Lipinski definition) is 1. The van der Waals surface area contributed by atoms with Crippen LogP contribution in [0.3, 0.4) is 0 Å². The molecule has 4 atom stereocenters. The van der Waals surface area contributed by atoms with Gasteiger partial charge in [0.25, 0.3) is 0 Å².